The van der Waals surface area contributed by atoms with Gasteiger partial charge in [0, 0.05) is 0 Å². The molecule has 0 saturated heterocycles. The number of para-hydroxylation sites is 2. The van der Waals surface area contributed by atoms with Crippen molar-refractivity contribution >= 4 is 5.97 Å². The highest BCUT2D eigenvalue weighted by atomic mass is 16.5. The molecule has 0 atom stereocenters. The molecule has 0 aliphatic carbocycles. The van der Waals surface area contributed by atoms with E-state index in [1.165, 1.54) is 19.4 Å². The SMILES string of the molecule is CCCC(=COc1ccccc1O)C(=O)OC. The van der Waals surface area contributed by atoms with Crippen LogP contribution in [-0.4, -0.2) is 18.2 Å². The summed E-state index contributed by atoms with van der Waals surface area (Å²) in [4.78, 5) is 11.4. The van der Waals surface area contributed by atoms with Gasteiger partial charge in [-0.15, -0.1) is 0 Å². The molecule has 92 valence electrons. The highest BCUT2D eigenvalue weighted by Gasteiger charge is 2.09. The standard InChI is InChI=1S/C13H16O4/c1-3-6-10(13(15)16-2)9-17-12-8-5-4-7-11(12)14/h4-5,7-9,14H,3,6H2,1-2H3. The molecule has 1 rings (SSSR count). The zero-order valence-corrected chi connectivity index (χ0v) is 9.97. The molecule has 17 heavy (non-hydrogen) atoms. The van der Waals surface area contributed by atoms with Gasteiger partial charge in [-0.3, -0.25) is 0 Å². The van der Waals surface area contributed by atoms with Crippen molar-refractivity contribution in [1.29, 1.82) is 0 Å². The fraction of sp³-hybridized carbons (Fsp3) is 0.308. The first-order valence-electron chi connectivity index (χ1n) is 5.41. The molecule has 1 aromatic rings. The summed E-state index contributed by atoms with van der Waals surface area (Å²) < 4.78 is 9.90. The second-order valence-electron chi connectivity index (χ2n) is 3.47. The van der Waals surface area contributed by atoms with Crippen LogP contribution in [-0.2, 0) is 9.53 Å². The van der Waals surface area contributed by atoms with Gasteiger partial charge in [-0.25, -0.2) is 4.79 Å². The Kier molecular flexibility index (Phi) is 5.07. The lowest BCUT2D eigenvalue weighted by Gasteiger charge is -2.06. The monoisotopic (exact) mass is 236 g/mol. The summed E-state index contributed by atoms with van der Waals surface area (Å²) in [6.45, 7) is 1.96. The lowest BCUT2D eigenvalue weighted by Crippen LogP contribution is -2.06. The van der Waals surface area contributed by atoms with Gasteiger partial charge < -0.3 is 14.6 Å². The summed E-state index contributed by atoms with van der Waals surface area (Å²) >= 11 is 0. The molecule has 0 aromatic heterocycles. The molecule has 0 aliphatic heterocycles. The molecule has 4 heteroatoms. The average molecular weight is 236 g/mol. The van der Waals surface area contributed by atoms with Crippen molar-refractivity contribution in [1.82, 2.24) is 0 Å². The number of carbonyl (C=O) groups excluding carboxylic acids is 1. The number of aromatic hydroxyl groups is 1. The predicted molar refractivity (Wildman–Crippen MR) is 63.7 cm³/mol. The molecule has 1 aromatic carbocycles. The number of carbonyl (C=O) groups is 1. The van der Waals surface area contributed by atoms with E-state index in [0.717, 1.165) is 6.42 Å². The van der Waals surface area contributed by atoms with Crippen LogP contribution in [0.3, 0.4) is 0 Å². The van der Waals surface area contributed by atoms with E-state index in [9.17, 15) is 9.90 Å². The Hall–Kier alpha value is -1.97. The number of rotatable bonds is 5. The number of ether oxygens (including phenoxy) is 2. The second-order valence-corrected chi connectivity index (χ2v) is 3.47. The maximum absolute atomic E-state index is 11.4. The number of phenolic OH excluding ortho intramolecular Hbond substituents is 1. The highest BCUT2D eigenvalue weighted by molar-refractivity contribution is 5.88. The van der Waals surface area contributed by atoms with Crippen molar-refractivity contribution in [3.8, 4) is 11.5 Å². The Morgan fingerprint density at radius 3 is 2.71 bits per heavy atom. The molecule has 4 nitrogen and oxygen atoms in total. The summed E-state index contributed by atoms with van der Waals surface area (Å²) in [7, 11) is 1.33. The third-order valence-corrected chi connectivity index (χ3v) is 2.16. The molecule has 0 spiro atoms. The number of hydrogen-bond donors (Lipinski definition) is 1. The smallest absolute Gasteiger partial charge is 0.336 e. The van der Waals surface area contributed by atoms with E-state index in [2.05, 4.69) is 4.74 Å². The van der Waals surface area contributed by atoms with Gasteiger partial charge in [-0.05, 0) is 18.6 Å². The Balaban J connectivity index is 2.79. The fourth-order valence-electron chi connectivity index (χ4n) is 1.30. The Labute approximate surface area is 100 Å². The molecule has 0 bridgehead atoms. The normalized spacial score (nSPS) is 11.1. The lowest BCUT2D eigenvalue weighted by atomic mass is 10.2. The zero-order chi connectivity index (χ0) is 12.7. The molecule has 0 heterocycles. The van der Waals surface area contributed by atoms with Crippen LogP contribution in [0.5, 0.6) is 11.5 Å². The van der Waals surface area contributed by atoms with Crippen LogP contribution in [0.1, 0.15) is 19.8 Å². The van der Waals surface area contributed by atoms with Crippen molar-refractivity contribution in [3.63, 3.8) is 0 Å². The van der Waals surface area contributed by atoms with Gasteiger partial charge in [-0.2, -0.15) is 0 Å². The maximum Gasteiger partial charge on any atom is 0.336 e. The molecule has 0 fully saturated rings. The van der Waals surface area contributed by atoms with E-state index >= 15 is 0 Å². The van der Waals surface area contributed by atoms with E-state index < -0.39 is 5.97 Å². The van der Waals surface area contributed by atoms with Crippen LogP contribution in [0, 0.1) is 0 Å². The number of methoxy groups -OCH3 is 1. The second kappa shape index (κ2) is 6.58. The minimum atomic E-state index is -0.415. The van der Waals surface area contributed by atoms with Crippen LogP contribution >= 0.6 is 0 Å². The number of hydrogen-bond acceptors (Lipinski definition) is 4. The van der Waals surface area contributed by atoms with Crippen LogP contribution < -0.4 is 4.74 Å². The zero-order valence-electron chi connectivity index (χ0n) is 9.97. The molecule has 0 saturated carbocycles. The highest BCUT2D eigenvalue weighted by Crippen LogP contribution is 2.25. The van der Waals surface area contributed by atoms with Gasteiger partial charge in [0.05, 0.1) is 12.7 Å². The Morgan fingerprint density at radius 1 is 1.41 bits per heavy atom. The Bertz CT molecular complexity index is 410. The first kappa shape index (κ1) is 13.1. The molecule has 0 amide bonds. The summed E-state index contributed by atoms with van der Waals surface area (Å²) in [5, 5.41) is 9.48. The molecular weight excluding hydrogens is 220 g/mol. The van der Waals surface area contributed by atoms with E-state index in [1.807, 2.05) is 6.92 Å². The van der Waals surface area contributed by atoms with Crippen LogP contribution in [0.25, 0.3) is 0 Å². The third kappa shape index (κ3) is 3.83. The van der Waals surface area contributed by atoms with Crippen LogP contribution in [0.2, 0.25) is 0 Å². The number of benzene rings is 1. The van der Waals surface area contributed by atoms with E-state index in [-0.39, 0.29) is 5.75 Å². The van der Waals surface area contributed by atoms with Crippen LogP contribution in [0.4, 0.5) is 0 Å². The summed E-state index contributed by atoms with van der Waals surface area (Å²) in [6, 6.07) is 6.56. The van der Waals surface area contributed by atoms with Gasteiger partial charge >= 0.3 is 5.97 Å². The molecule has 1 N–H and O–H groups in total. The summed E-state index contributed by atoms with van der Waals surface area (Å²) in [6.07, 6.45) is 2.70. The van der Waals surface area contributed by atoms with Crippen molar-refractivity contribution < 1.29 is 19.4 Å². The summed E-state index contributed by atoms with van der Waals surface area (Å²) in [5.74, 6) is -0.0725. The van der Waals surface area contributed by atoms with Gasteiger partial charge in [-0.1, -0.05) is 25.5 Å². The molecule has 0 unspecified atom stereocenters. The number of phenols is 1. The largest absolute Gasteiger partial charge is 0.504 e. The fourth-order valence-corrected chi connectivity index (χ4v) is 1.30. The van der Waals surface area contributed by atoms with E-state index in [1.54, 1.807) is 18.2 Å². The summed E-state index contributed by atoms with van der Waals surface area (Å²) in [5.41, 5.74) is 0.443. The predicted octanol–water partition coefficient (Wildman–Crippen LogP) is 2.63. The average Bonchev–Trinajstić information content (AvgIpc) is 2.35. The number of esters is 1. The van der Waals surface area contributed by atoms with Crippen LogP contribution in [0.15, 0.2) is 36.1 Å². The van der Waals surface area contributed by atoms with Crippen molar-refractivity contribution in [2.24, 2.45) is 0 Å². The van der Waals surface area contributed by atoms with Crippen molar-refractivity contribution in [2.45, 2.75) is 19.8 Å². The van der Waals surface area contributed by atoms with E-state index in [0.29, 0.717) is 17.7 Å². The molecule has 0 aliphatic rings. The minimum Gasteiger partial charge on any atom is -0.504 e. The lowest BCUT2D eigenvalue weighted by molar-refractivity contribution is -0.136. The molecular formula is C13H16O4. The first-order chi connectivity index (χ1) is 8.19. The first-order valence-corrected chi connectivity index (χ1v) is 5.41. The van der Waals surface area contributed by atoms with Crippen molar-refractivity contribution in [2.75, 3.05) is 7.11 Å². The van der Waals surface area contributed by atoms with Gasteiger partial charge in [0.25, 0.3) is 0 Å². The third-order valence-electron chi connectivity index (χ3n) is 2.16. The Morgan fingerprint density at radius 2 is 2.12 bits per heavy atom. The van der Waals surface area contributed by atoms with Gasteiger partial charge in [0.15, 0.2) is 11.5 Å². The maximum atomic E-state index is 11.4. The van der Waals surface area contributed by atoms with Crippen molar-refractivity contribution in [3.05, 3.63) is 36.1 Å². The van der Waals surface area contributed by atoms with Gasteiger partial charge in [0.2, 0.25) is 0 Å². The topological polar surface area (TPSA) is 55.8 Å². The van der Waals surface area contributed by atoms with Gasteiger partial charge in [0.1, 0.15) is 6.26 Å². The minimum absolute atomic E-state index is 0.0319. The quantitative estimate of drug-likeness (QED) is 0.485. The van der Waals surface area contributed by atoms with E-state index in [4.69, 9.17) is 4.74 Å². The molecule has 0 radical (unpaired) electrons.